The molecular weight excluding hydrogens is 449 g/mol. The average molecular weight is 460 g/mol. The predicted octanol–water partition coefficient (Wildman–Crippen LogP) is 6.19. The topological polar surface area (TPSA) is 87.8 Å². The Morgan fingerprint density at radius 1 is 1.03 bits per heavy atom. The van der Waals surface area contributed by atoms with E-state index in [-0.39, 0.29) is 15.5 Å². The lowest BCUT2D eigenvalue weighted by atomic mass is 10.1. The van der Waals surface area contributed by atoms with Crippen LogP contribution in [-0.4, -0.2) is 22.2 Å². The van der Waals surface area contributed by atoms with Crippen LogP contribution < -0.4 is 4.90 Å². The minimum Gasteiger partial charge on any atom is -0.478 e. The lowest BCUT2D eigenvalue weighted by Crippen LogP contribution is -2.27. The zero-order valence-electron chi connectivity index (χ0n) is 15.0. The minimum atomic E-state index is -1.15. The van der Waals surface area contributed by atoms with Gasteiger partial charge in [-0.05, 0) is 66.4 Å². The highest BCUT2D eigenvalue weighted by Gasteiger charge is 2.36. The van der Waals surface area contributed by atoms with Crippen LogP contribution >= 0.6 is 35.0 Å². The van der Waals surface area contributed by atoms with Gasteiger partial charge in [0.25, 0.3) is 11.1 Å². The summed E-state index contributed by atoms with van der Waals surface area (Å²) in [7, 11) is 0. The van der Waals surface area contributed by atoms with Crippen LogP contribution in [0.25, 0.3) is 17.4 Å². The number of nitrogens with zero attached hydrogens (tertiary/aromatic N) is 1. The molecule has 2 aromatic carbocycles. The molecule has 0 bridgehead atoms. The second-order valence-corrected chi connectivity index (χ2v) is 8.03. The molecule has 1 saturated heterocycles. The Labute approximate surface area is 184 Å². The molecule has 150 valence electrons. The van der Waals surface area contributed by atoms with Crippen LogP contribution in [0.4, 0.5) is 10.5 Å². The molecule has 0 unspecified atom stereocenters. The molecule has 3 aromatic rings. The lowest BCUT2D eigenvalue weighted by Gasteiger charge is -2.11. The fourth-order valence-corrected chi connectivity index (χ4v) is 3.98. The molecule has 1 N–H and O–H groups in total. The number of carboxylic acid groups (broad SMARTS) is 1. The van der Waals surface area contributed by atoms with Crippen molar-refractivity contribution in [2.24, 2.45) is 0 Å². The molecule has 4 rings (SSSR count). The molecule has 0 spiro atoms. The van der Waals surface area contributed by atoms with Crippen molar-refractivity contribution in [2.75, 3.05) is 4.90 Å². The van der Waals surface area contributed by atoms with Gasteiger partial charge in [0.15, 0.2) is 0 Å². The summed E-state index contributed by atoms with van der Waals surface area (Å²) in [6.45, 7) is 0. The summed E-state index contributed by atoms with van der Waals surface area (Å²) in [4.78, 5) is 37.6. The number of carbonyl (C=O) groups is 3. The van der Waals surface area contributed by atoms with Gasteiger partial charge in [0.2, 0.25) is 0 Å². The number of hydrogen-bond donors (Lipinski definition) is 1. The van der Waals surface area contributed by atoms with Gasteiger partial charge in [0, 0.05) is 16.7 Å². The van der Waals surface area contributed by atoms with Gasteiger partial charge in [-0.15, -0.1) is 0 Å². The molecule has 2 heterocycles. The van der Waals surface area contributed by atoms with E-state index in [4.69, 9.17) is 27.6 Å². The maximum Gasteiger partial charge on any atom is 0.337 e. The number of carbonyl (C=O) groups excluding carboxylic acids is 2. The zero-order valence-corrected chi connectivity index (χ0v) is 17.3. The van der Waals surface area contributed by atoms with E-state index in [0.717, 1.165) is 16.7 Å². The molecule has 1 aliphatic heterocycles. The minimum absolute atomic E-state index is 0.0452. The van der Waals surface area contributed by atoms with E-state index in [0.29, 0.717) is 27.8 Å². The Hall–Kier alpha value is -3.00. The third-order valence-corrected chi connectivity index (χ3v) is 5.71. The summed E-state index contributed by atoms with van der Waals surface area (Å²) in [5.74, 6) is -0.870. The first-order valence-electron chi connectivity index (χ1n) is 8.50. The van der Waals surface area contributed by atoms with Gasteiger partial charge in [-0.1, -0.05) is 23.2 Å². The first kappa shape index (κ1) is 20.3. The molecule has 0 aliphatic carbocycles. The Morgan fingerprint density at radius 3 is 2.47 bits per heavy atom. The number of amides is 2. The largest absolute Gasteiger partial charge is 0.478 e. The smallest absolute Gasteiger partial charge is 0.337 e. The number of halogens is 2. The van der Waals surface area contributed by atoms with Crippen molar-refractivity contribution in [3.8, 4) is 11.3 Å². The second kappa shape index (κ2) is 8.02. The number of thioether (sulfide) groups is 1. The standard InChI is InChI=1S/C21H11Cl2NO5S/c22-12-2-4-13(5-3-12)24-19(25)18(30-21(24)28)10-14-6-8-17(29-14)11-1-7-16(23)15(9-11)20(26)27/h1-10H,(H,26,27). The second-order valence-electron chi connectivity index (χ2n) is 6.20. The van der Waals surface area contributed by atoms with Crippen LogP contribution in [0.2, 0.25) is 10.0 Å². The van der Waals surface area contributed by atoms with Crippen LogP contribution in [0.3, 0.4) is 0 Å². The molecule has 9 heteroatoms. The molecule has 0 radical (unpaired) electrons. The van der Waals surface area contributed by atoms with Crippen molar-refractivity contribution in [3.63, 3.8) is 0 Å². The summed E-state index contributed by atoms with van der Waals surface area (Å²) in [6, 6.07) is 14.2. The fraction of sp³-hybridized carbons (Fsp3) is 0. The molecule has 2 amide bonds. The number of furan rings is 1. The molecule has 1 fully saturated rings. The SMILES string of the molecule is O=C(O)c1cc(-c2ccc(C=C3SC(=O)N(c4ccc(Cl)cc4)C3=O)o2)ccc1Cl. The molecule has 6 nitrogen and oxygen atoms in total. The molecule has 0 atom stereocenters. The van der Waals surface area contributed by atoms with Gasteiger partial charge in [0.05, 0.1) is 21.2 Å². The Bertz CT molecular complexity index is 1220. The van der Waals surface area contributed by atoms with Gasteiger partial charge >= 0.3 is 5.97 Å². The highest BCUT2D eigenvalue weighted by atomic mass is 35.5. The number of imide groups is 1. The third kappa shape index (κ3) is 3.87. The van der Waals surface area contributed by atoms with Crippen molar-refractivity contribution < 1.29 is 23.9 Å². The molecule has 0 saturated carbocycles. The van der Waals surface area contributed by atoms with Gasteiger partial charge < -0.3 is 9.52 Å². The number of anilines is 1. The van der Waals surface area contributed by atoms with Gasteiger partial charge in [-0.25, -0.2) is 9.69 Å². The number of carboxylic acids is 1. The van der Waals surface area contributed by atoms with E-state index >= 15 is 0 Å². The third-order valence-electron chi connectivity index (χ3n) is 4.26. The summed E-state index contributed by atoms with van der Waals surface area (Å²) in [6.07, 6.45) is 1.47. The molecule has 30 heavy (non-hydrogen) atoms. The molecule has 1 aliphatic rings. The van der Waals surface area contributed by atoms with E-state index < -0.39 is 17.1 Å². The molecule has 1 aromatic heterocycles. The van der Waals surface area contributed by atoms with E-state index in [1.54, 1.807) is 42.5 Å². The van der Waals surface area contributed by atoms with Crippen LogP contribution in [0.15, 0.2) is 63.9 Å². The highest BCUT2D eigenvalue weighted by Crippen LogP contribution is 2.37. The van der Waals surface area contributed by atoms with Gasteiger partial charge in [-0.3, -0.25) is 9.59 Å². The van der Waals surface area contributed by atoms with Gasteiger partial charge in [-0.2, -0.15) is 0 Å². The predicted molar refractivity (Wildman–Crippen MR) is 116 cm³/mol. The first-order valence-corrected chi connectivity index (χ1v) is 10.1. The van der Waals surface area contributed by atoms with Crippen LogP contribution in [0.1, 0.15) is 16.1 Å². The van der Waals surface area contributed by atoms with E-state index in [1.165, 1.54) is 18.2 Å². The Morgan fingerprint density at radius 2 is 1.77 bits per heavy atom. The Balaban J connectivity index is 1.61. The number of benzene rings is 2. The van der Waals surface area contributed by atoms with E-state index in [2.05, 4.69) is 0 Å². The molecular formula is C21H11Cl2NO5S. The summed E-state index contributed by atoms with van der Waals surface area (Å²) < 4.78 is 5.72. The highest BCUT2D eigenvalue weighted by molar-refractivity contribution is 8.19. The van der Waals surface area contributed by atoms with Crippen LogP contribution in [0, 0.1) is 0 Å². The summed E-state index contributed by atoms with van der Waals surface area (Å²) in [5, 5.41) is 9.40. The van der Waals surface area contributed by atoms with Crippen molar-refractivity contribution in [1.82, 2.24) is 0 Å². The van der Waals surface area contributed by atoms with Crippen molar-refractivity contribution >= 4 is 63.8 Å². The summed E-state index contributed by atoms with van der Waals surface area (Å²) in [5.41, 5.74) is 0.898. The normalized spacial score (nSPS) is 15.3. The number of aromatic carboxylic acids is 1. The van der Waals surface area contributed by atoms with E-state index in [9.17, 15) is 19.5 Å². The monoisotopic (exact) mass is 459 g/mol. The van der Waals surface area contributed by atoms with Crippen molar-refractivity contribution in [3.05, 3.63) is 80.9 Å². The summed E-state index contributed by atoms with van der Waals surface area (Å²) >= 11 is 12.6. The first-order chi connectivity index (χ1) is 14.3. The van der Waals surface area contributed by atoms with E-state index in [1.807, 2.05) is 0 Å². The average Bonchev–Trinajstić information content (AvgIpc) is 3.28. The quantitative estimate of drug-likeness (QED) is 0.467. The van der Waals surface area contributed by atoms with Crippen molar-refractivity contribution in [1.29, 1.82) is 0 Å². The number of hydrogen-bond acceptors (Lipinski definition) is 5. The maximum absolute atomic E-state index is 12.7. The van der Waals surface area contributed by atoms with Gasteiger partial charge in [0.1, 0.15) is 11.5 Å². The van der Waals surface area contributed by atoms with Crippen molar-refractivity contribution in [2.45, 2.75) is 0 Å². The fourth-order valence-electron chi connectivity index (χ4n) is 2.84. The maximum atomic E-state index is 12.7. The number of rotatable bonds is 4. The zero-order chi connectivity index (χ0) is 21.4. The Kier molecular flexibility index (Phi) is 5.42. The lowest BCUT2D eigenvalue weighted by molar-refractivity contribution is -0.113. The van der Waals surface area contributed by atoms with Crippen LogP contribution in [-0.2, 0) is 4.79 Å². The van der Waals surface area contributed by atoms with Crippen LogP contribution in [0.5, 0.6) is 0 Å².